The van der Waals surface area contributed by atoms with Crippen molar-refractivity contribution in [2.45, 2.75) is 26.3 Å². The molecule has 0 saturated heterocycles. The number of anilines is 1. The van der Waals surface area contributed by atoms with Crippen LogP contribution in [0.25, 0.3) is 21.8 Å². The molecule has 0 bridgehead atoms. The van der Waals surface area contributed by atoms with Crippen LogP contribution in [-0.4, -0.2) is 30.7 Å². The third-order valence-corrected chi connectivity index (χ3v) is 7.22. The summed E-state index contributed by atoms with van der Waals surface area (Å²) in [6.45, 7) is 4.78. The van der Waals surface area contributed by atoms with E-state index in [9.17, 15) is 14.9 Å². The number of hydrogen-bond acceptors (Lipinski definition) is 7. The lowest BCUT2D eigenvalue weighted by molar-refractivity contribution is -0.139. The normalized spacial score (nSPS) is 15.6. The Labute approximate surface area is 226 Å². The number of ether oxygens (including phenoxy) is 2. The molecule has 2 heterocycles. The standard InChI is InChI=1S/C31H28N4O4/c1-5-34-24-9-7-6-8-21(24)22-16-20(14-15-25(22)34)35-28(31(37)39-4)27(30(36)38-3)26(23(17-32)29(35)33)19-12-10-18(2)11-13-19/h6-16,26H,5,33H2,1-4H3. The number of esters is 2. The molecule has 0 amide bonds. The van der Waals surface area contributed by atoms with E-state index in [1.54, 1.807) is 0 Å². The molecule has 0 radical (unpaired) electrons. The molecule has 1 aromatic heterocycles. The lowest BCUT2D eigenvalue weighted by atomic mass is 9.80. The second kappa shape index (κ2) is 10.0. The Kier molecular flexibility index (Phi) is 6.59. The Morgan fingerprint density at radius 1 is 0.949 bits per heavy atom. The van der Waals surface area contributed by atoms with Crippen LogP contribution in [0.1, 0.15) is 24.0 Å². The van der Waals surface area contributed by atoms with Crippen molar-refractivity contribution in [1.29, 1.82) is 5.26 Å². The first-order valence-corrected chi connectivity index (χ1v) is 12.5. The zero-order chi connectivity index (χ0) is 27.8. The maximum absolute atomic E-state index is 13.4. The van der Waals surface area contributed by atoms with Crippen molar-refractivity contribution < 1.29 is 19.1 Å². The number of nitrogens with zero attached hydrogens (tertiary/aromatic N) is 3. The predicted molar refractivity (Wildman–Crippen MR) is 149 cm³/mol. The van der Waals surface area contributed by atoms with Gasteiger partial charge in [0.05, 0.1) is 37.4 Å². The number of hydrogen-bond donors (Lipinski definition) is 1. The highest BCUT2D eigenvalue weighted by molar-refractivity contribution is 6.11. The molecule has 1 unspecified atom stereocenters. The van der Waals surface area contributed by atoms with E-state index in [0.29, 0.717) is 11.3 Å². The lowest BCUT2D eigenvalue weighted by Crippen LogP contribution is -2.40. The van der Waals surface area contributed by atoms with Crippen molar-refractivity contribution in [3.05, 3.63) is 101 Å². The number of para-hydroxylation sites is 1. The fourth-order valence-electron chi connectivity index (χ4n) is 5.42. The highest BCUT2D eigenvalue weighted by atomic mass is 16.5. The van der Waals surface area contributed by atoms with Crippen LogP contribution in [0.2, 0.25) is 0 Å². The summed E-state index contributed by atoms with van der Waals surface area (Å²) in [7, 11) is 2.47. The molecule has 5 rings (SSSR count). The smallest absolute Gasteiger partial charge is 0.355 e. The minimum absolute atomic E-state index is 0.0185. The van der Waals surface area contributed by atoms with E-state index in [4.69, 9.17) is 15.2 Å². The molecule has 0 saturated carbocycles. The molecule has 2 N–H and O–H groups in total. The monoisotopic (exact) mass is 520 g/mol. The van der Waals surface area contributed by atoms with Gasteiger partial charge < -0.3 is 19.8 Å². The summed E-state index contributed by atoms with van der Waals surface area (Å²) in [5.41, 5.74) is 10.9. The van der Waals surface area contributed by atoms with Crippen LogP contribution in [0.4, 0.5) is 5.69 Å². The molecule has 1 aliphatic heterocycles. The highest BCUT2D eigenvalue weighted by Gasteiger charge is 2.43. The van der Waals surface area contributed by atoms with E-state index in [1.807, 2.05) is 67.6 Å². The summed E-state index contributed by atoms with van der Waals surface area (Å²) < 4.78 is 12.5. The number of carbonyl (C=O) groups excluding carboxylic acids is 2. The third-order valence-electron chi connectivity index (χ3n) is 7.22. The maximum atomic E-state index is 13.4. The fraction of sp³-hybridized carbons (Fsp3) is 0.194. The van der Waals surface area contributed by atoms with E-state index in [1.165, 1.54) is 19.1 Å². The molecule has 8 nitrogen and oxygen atoms in total. The molecular weight excluding hydrogens is 492 g/mol. The van der Waals surface area contributed by atoms with Gasteiger partial charge in [0.2, 0.25) is 0 Å². The van der Waals surface area contributed by atoms with Gasteiger partial charge in [-0.15, -0.1) is 0 Å². The summed E-state index contributed by atoms with van der Waals surface area (Å²) in [5, 5.41) is 12.3. The quantitative estimate of drug-likeness (QED) is 0.368. The Balaban J connectivity index is 1.84. The lowest BCUT2D eigenvalue weighted by Gasteiger charge is -2.36. The maximum Gasteiger partial charge on any atom is 0.355 e. The van der Waals surface area contributed by atoms with Gasteiger partial charge in [-0.05, 0) is 43.7 Å². The van der Waals surface area contributed by atoms with Gasteiger partial charge in [0.25, 0.3) is 0 Å². The second-order valence-corrected chi connectivity index (χ2v) is 9.30. The number of benzene rings is 3. The minimum Gasteiger partial charge on any atom is -0.466 e. The molecule has 0 spiro atoms. The van der Waals surface area contributed by atoms with Crippen LogP contribution >= 0.6 is 0 Å². The topological polar surface area (TPSA) is 111 Å². The van der Waals surface area contributed by atoms with Crippen molar-refractivity contribution in [2.24, 2.45) is 5.73 Å². The Hall–Kier alpha value is -5.03. The molecule has 4 aromatic rings. The van der Waals surface area contributed by atoms with E-state index >= 15 is 0 Å². The van der Waals surface area contributed by atoms with Crippen LogP contribution in [0.3, 0.4) is 0 Å². The third kappa shape index (κ3) is 3.99. The van der Waals surface area contributed by atoms with Gasteiger partial charge in [-0.2, -0.15) is 5.26 Å². The number of nitriles is 1. The SMILES string of the molecule is CCn1c2ccccc2c2cc(N3C(N)=C(C#N)C(c4ccc(C)cc4)C(C(=O)OC)=C3C(=O)OC)ccc21. The van der Waals surface area contributed by atoms with Gasteiger partial charge in [0, 0.05) is 34.0 Å². The van der Waals surface area contributed by atoms with Crippen molar-refractivity contribution in [3.63, 3.8) is 0 Å². The van der Waals surface area contributed by atoms with Gasteiger partial charge >= 0.3 is 11.9 Å². The van der Waals surface area contributed by atoms with E-state index < -0.39 is 17.9 Å². The van der Waals surface area contributed by atoms with Gasteiger partial charge in [-0.25, -0.2) is 9.59 Å². The van der Waals surface area contributed by atoms with Gasteiger partial charge in [0.15, 0.2) is 0 Å². The number of rotatable bonds is 5. The fourth-order valence-corrected chi connectivity index (χ4v) is 5.42. The van der Waals surface area contributed by atoms with E-state index in [0.717, 1.165) is 33.9 Å². The molecule has 1 atom stereocenters. The molecule has 8 heteroatoms. The second-order valence-electron chi connectivity index (χ2n) is 9.30. The van der Waals surface area contributed by atoms with E-state index in [2.05, 4.69) is 23.6 Å². The highest BCUT2D eigenvalue weighted by Crippen LogP contribution is 2.44. The molecule has 1 aliphatic rings. The van der Waals surface area contributed by atoms with Crippen molar-refractivity contribution >= 4 is 39.4 Å². The minimum atomic E-state index is -0.917. The Bertz CT molecular complexity index is 1740. The van der Waals surface area contributed by atoms with Crippen LogP contribution in [0.15, 0.2) is 89.4 Å². The number of aryl methyl sites for hydroxylation is 2. The van der Waals surface area contributed by atoms with Crippen molar-refractivity contribution in [2.75, 3.05) is 19.1 Å². The number of methoxy groups -OCH3 is 2. The number of aromatic nitrogens is 1. The summed E-state index contributed by atoms with van der Waals surface area (Å²) >= 11 is 0. The first kappa shape index (κ1) is 25.6. The Morgan fingerprint density at radius 3 is 2.26 bits per heavy atom. The van der Waals surface area contributed by atoms with Crippen LogP contribution in [0, 0.1) is 18.3 Å². The van der Waals surface area contributed by atoms with Crippen LogP contribution in [0.5, 0.6) is 0 Å². The summed E-state index contributed by atoms with van der Waals surface area (Å²) in [6.07, 6.45) is 0. The summed E-state index contributed by atoms with van der Waals surface area (Å²) in [6, 6.07) is 23.3. The van der Waals surface area contributed by atoms with Crippen molar-refractivity contribution in [3.8, 4) is 6.07 Å². The average molecular weight is 521 g/mol. The summed E-state index contributed by atoms with van der Waals surface area (Å²) in [4.78, 5) is 28.1. The zero-order valence-corrected chi connectivity index (χ0v) is 22.2. The molecule has 39 heavy (non-hydrogen) atoms. The van der Waals surface area contributed by atoms with Gasteiger partial charge in [0.1, 0.15) is 11.5 Å². The number of fused-ring (bicyclic) bond motifs is 3. The van der Waals surface area contributed by atoms with Crippen LogP contribution < -0.4 is 10.6 Å². The molecular formula is C31H28N4O4. The molecule has 196 valence electrons. The predicted octanol–water partition coefficient (Wildman–Crippen LogP) is 5.02. The van der Waals surface area contributed by atoms with E-state index in [-0.39, 0.29) is 22.7 Å². The number of carbonyl (C=O) groups is 2. The molecule has 0 aliphatic carbocycles. The zero-order valence-electron chi connectivity index (χ0n) is 22.2. The Morgan fingerprint density at radius 2 is 1.62 bits per heavy atom. The first-order valence-electron chi connectivity index (χ1n) is 12.5. The summed E-state index contributed by atoms with van der Waals surface area (Å²) in [5.74, 6) is -2.41. The largest absolute Gasteiger partial charge is 0.466 e. The number of nitrogens with two attached hydrogens (primary N) is 1. The van der Waals surface area contributed by atoms with Gasteiger partial charge in [-0.1, -0.05) is 48.0 Å². The van der Waals surface area contributed by atoms with Crippen molar-refractivity contribution in [1.82, 2.24) is 4.57 Å². The molecule has 3 aromatic carbocycles. The number of allylic oxidation sites excluding steroid dienone is 1. The molecule has 0 fully saturated rings. The first-order chi connectivity index (χ1) is 18.9. The van der Waals surface area contributed by atoms with Crippen LogP contribution in [-0.2, 0) is 25.6 Å². The average Bonchev–Trinajstić information content (AvgIpc) is 3.29. The van der Waals surface area contributed by atoms with Gasteiger partial charge in [-0.3, -0.25) is 4.90 Å².